The molecule has 142 valence electrons. The minimum absolute atomic E-state index is 0.742. The van der Waals surface area contributed by atoms with E-state index in [0.717, 1.165) is 46.7 Å². The zero-order valence-corrected chi connectivity index (χ0v) is 16.8. The van der Waals surface area contributed by atoms with E-state index in [0.29, 0.717) is 0 Å². The molecule has 0 spiro atoms. The number of nitrogens with one attached hydrogen (secondary N) is 1. The molecule has 5 heteroatoms. The second-order valence-electron chi connectivity index (χ2n) is 6.52. The van der Waals surface area contributed by atoms with E-state index in [-0.39, 0.29) is 0 Å². The summed E-state index contributed by atoms with van der Waals surface area (Å²) in [5.41, 5.74) is 5.51. The Morgan fingerprint density at radius 2 is 1.68 bits per heavy atom. The van der Waals surface area contributed by atoms with E-state index in [1.54, 1.807) is 25.6 Å². The van der Waals surface area contributed by atoms with Crippen LogP contribution < -0.4 is 14.8 Å². The highest BCUT2D eigenvalue weighted by atomic mass is 32.1. The monoisotopic (exact) mass is 390 g/mol. The van der Waals surface area contributed by atoms with Crippen molar-refractivity contribution in [1.82, 2.24) is 10.3 Å². The number of ether oxygens (including phenoxy) is 2. The lowest BCUT2D eigenvalue weighted by molar-refractivity contribution is 0.414. The second kappa shape index (κ2) is 8.42. The molecule has 4 nitrogen and oxygen atoms in total. The topological polar surface area (TPSA) is 43.4 Å². The lowest BCUT2D eigenvalue weighted by atomic mass is 10.0. The van der Waals surface area contributed by atoms with Crippen LogP contribution >= 0.6 is 11.3 Å². The molecular formula is C23H22N2O2S. The second-order valence-corrected chi connectivity index (χ2v) is 7.30. The van der Waals surface area contributed by atoms with Gasteiger partial charge in [-0.15, -0.1) is 0 Å². The number of hydrogen-bond donors (Lipinski definition) is 1. The van der Waals surface area contributed by atoms with Crippen molar-refractivity contribution in [2.24, 2.45) is 0 Å². The number of pyridine rings is 1. The van der Waals surface area contributed by atoms with Crippen LogP contribution in [-0.4, -0.2) is 19.2 Å². The molecule has 0 bridgehead atoms. The maximum Gasteiger partial charge on any atom is 0.121 e. The summed E-state index contributed by atoms with van der Waals surface area (Å²) in [7, 11) is 3.36. The van der Waals surface area contributed by atoms with Gasteiger partial charge in [-0.3, -0.25) is 0 Å². The predicted octanol–water partition coefficient (Wildman–Crippen LogP) is 5.27. The Labute approximate surface area is 168 Å². The van der Waals surface area contributed by atoms with Crippen LogP contribution in [0.1, 0.15) is 11.1 Å². The summed E-state index contributed by atoms with van der Waals surface area (Å²) in [6.07, 6.45) is 0. The summed E-state index contributed by atoms with van der Waals surface area (Å²) >= 11 is 1.68. The van der Waals surface area contributed by atoms with Crippen molar-refractivity contribution >= 4 is 22.2 Å². The van der Waals surface area contributed by atoms with Crippen LogP contribution in [0.3, 0.4) is 0 Å². The predicted molar refractivity (Wildman–Crippen MR) is 115 cm³/mol. The van der Waals surface area contributed by atoms with Gasteiger partial charge >= 0.3 is 0 Å². The van der Waals surface area contributed by atoms with E-state index >= 15 is 0 Å². The molecule has 4 aromatic rings. The Bertz CT molecular complexity index is 1060. The first-order valence-corrected chi connectivity index (χ1v) is 10.0. The molecule has 0 saturated heterocycles. The summed E-state index contributed by atoms with van der Waals surface area (Å²) in [5, 5.41) is 8.88. The number of hydrogen-bond acceptors (Lipinski definition) is 5. The highest BCUT2D eigenvalue weighted by molar-refractivity contribution is 7.08. The van der Waals surface area contributed by atoms with Gasteiger partial charge in [-0.25, -0.2) is 4.98 Å². The van der Waals surface area contributed by atoms with E-state index in [2.05, 4.69) is 46.4 Å². The number of benzene rings is 2. The van der Waals surface area contributed by atoms with Crippen molar-refractivity contribution in [3.05, 3.63) is 76.5 Å². The Balaban J connectivity index is 1.60. The largest absolute Gasteiger partial charge is 0.497 e. The van der Waals surface area contributed by atoms with Gasteiger partial charge in [0.1, 0.15) is 11.5 Å². The van der Waals surface area contributed by atoms with Gasteiger partial charge in [0.15, 0.2) is 0 Å². The molecule has 0 atom stereocenters. The molecule has 2 aromatic carbocycles. The van der Waals surface area contributed by atoms with Gasteiger partial charge in [0.05, 0.1) is 25.4 Å². The van der Waals surface area contributed by atoms with Crippen molar-refractivity contribution in [3.8, 4) is 22.8 Å². The smallest absolute Gasteiger partial charge is 0.121 e. The first kappa shape index (κ1) is 18.5. The van der Waals surface area contributed by atoms with Crippen molar-refractivity contribution < 1.29 is 9.47 Å². The van der Waals surface area contributed by atoms with Gasteiger partial charge in [0, 0.05) is 35.5 Å². The van der Waals surface area contributed by atoms with Crippen molar-refractivity contribution in [3.63, 3.8) is 0 Å². The molecule has 0 amide bonds. The molecule has 0 fully saturated rings. The highest BCUT2D eigenvalue weighted by Gasteiger charge is 2.11. The van der Waals surface area contributed by atoms with Gasteiger partial charge in [-0.2, -0.15) is 11.3 Å². The average Bonchev–Trinajstić information content (AvgIpc) is 3.28. The fourth-order valence-electron chi connectivity index (χ4n) is 3.19. The van der Waals surface area contributed by atoms with Gasteiger partial charge < -0.3 is 14.8 Å². The first-order valence-electron chi connectivity index (χ1n) is 9.11. The minimum Gasteiger partial charge on any atom is -0.497 e. The molecule has 1 N–H and O–H groups in total. The third kappa shape index (κ3) is 4.01. The lowest BCUT2D eigenvalue weighted by Gasteiger charge is -2.12. The molecule has 28 heavy (non-hydrogen) atoms. The maximum absolute atomic E-state index is 5.35. The number of nitrogens with zero attached hydrogens (tertiary/aromatic N) is 1. The number of fused-ring (bicyclic) bond motifs is 1. The molecule has 2 heterocycles. The van der Waals surface area contributed by atoms with Crippen LogP contribution in [0.4, 0.5) is 0 Å². The van der Waals surface area contributed by atoms with Crippen LogP contribution in [0.2, 0.25) is 0 Å². The van der Waals surface area contributed by atoms with Crippen LogP contribution in [0, 0.1) is 0 Å². The van der Waals surface area contributed by atoms with Crippen LogP contribution in [0.5, 0.6) is 11.5 Å². The van der Waals surface area contributed by atoms with Crippen molar-refractivity contribution in [1.29, 1.82) is 0 Å². The van der Waals surface area contributed by atoms with Crippen LogP contribution in [-0.2, 0) is 13.1 Å². The van der Waals surface area contributed by atoms with E-state index in [1.165, 1.54) is 11.1 Å². The molecule has 0 aliphatic carbocycles. The zero-order valence-electron chi connectivity index (χ0n) is 15.9. The van der Waals surface area contributed by atoms with Gasteiger partial charge in [-0.05, 0) is 52.9 Å². The van der Waals surface area contributed by atoms with Crippen molar-refractivity contribution in [2.75, 3.05) is 14.2 Å². The molecule has 0 radical (unpaired) electrons. The van der Waals surface area contributed by atoms with Gasteiger partial charge in [0.2, 0.25) is 0 Å². The van der Waals surface area contributed by atoms with Gasteiger partial charge in [-0.1, -0.05) is 12.1 Å². The standard InChI is InChI=1S/C23H22N2O2S/c1-26-20-6-3-16(4-7-20)13-24-14-19-11-17-5-8-21(27-2)12-22(17)25-23(19)18-9-10-28-15-18/h3-12,15,24H,13-14H2,1-2H3. The van der Waals surface area contributed by atoms with E-state index in [4.69, 9.17) is 14.5 Å². The average molecular weight is 391 g/mol. The number of thiophene rings is 1. The van der Waals surface area contributed by atoms with E-state index < -0.39 is 0 Å². The summed E-state index contributed by atoms with van der Waals surface area (Å²) in [4.78, 5) is 4.94. The molecule has 4 rings (SSSR count). The number of methoxy groups -OCH3 is 2. The third-order valence-corrected chi connectivity index (χ3v) is 5.39. The molecule has 0 unspecified atom stereocenters. The summed E-state index contributed by atoms with van der Waals surface area (Å²) in [6.45, 7) is 1.53. The lowest BCUT2D eigenvalue weighted by Crippen LogP contribution is -2.14. The fraction of sp³-hybridized carbons (Fsp3) is 0.174. The van der Waals surface area contributed by atoms with E-state index in [1.807, 2.05) is 24.3 Å². The molecular weight excluding hydrogens is 368 g/mol. The van der Waals surface area contributed by atoms with Gasteiger partial charge in [0.25, 0.3) is 0 Å². The molecule has 0 aliphatic heterocycles. The first-order chi connectivity index (χ1) is 13.8. The molecule has 0 saturated carbocycles. The Morgan fingerprint density at radius 1 is 0.893 bits per heavy atom. The summed E-state index contributed by atoms with van der Waals surface area (Å²) in [6, 6.07) is 18.5. The van der Waals surface area contributed by atoms with Crippen molar-refractivity contribution in [2.45, 2.75) is 13.1 Å². The summed E-state index contributed by atoms with van der Waals surface area (Å²) < 4.78 is 10.6. The SMILES string of the molecule is COc1ccc(CNCc2cc3ccc(OC)cc3nc2-c2ccsc2)cc1. The highest BCUT2D eigenvalue weighted by Crippen LogP contribution is 2.29. The number of aromatic nitrogens is 1. The Morgan fingerprint density at radius 3 is 2.39 bits per heavy atom. The number of rotatable bonds is 7. The maximum atomic E-state index is 5.35. The minimum atomic E-state index is 0.742. The normalized spacial score (nSPS) is 10.9. The third-order valence-electron chi connectivity index (χ3n) is 4.70. The van der Waals surface area contributed by atoms with E-state index in [9.17, 15) is 0 Å². The Hall–Kier alpha value is -2.89. The van der Waals surface area contributed by atoms with Crippen LogP contribution in [0.25, 0.3) is 22.2 Å². The van der Waals surface area contributed by atoms with Crippen LogP contribution in [0.15, 0.2) is 65.4 Å². The molecule has 0 aliphatic rings. The fourth-order valence-corrected chi connectivity index (χ4v) is 3.83. The quantitative estimate of drug-likeness (QED) is 0.467. The Kier molecular flexibility index (Phi) is 5.55. The zero-order chi connectivity index (χ0) is 19.3. The summed E-state index contributed by atoms with van der Waals surface area (Å²) in [5.74, 6) is 1.69. The molecule has 2 aromatic heterocycles.